The van der Waals surface area contributed by atoms with E-state index >= 15 is 0 Å². The monoisotopic (exact) mass is 279 g/mol. The van der Waals surface area contributed by atoms with E-state index in [-0.39, 0.29) is 17.9 Å². The van der Waals surface area contributed by atoms with E-state index in [0.717, 1.165) is 37.9 Å². The number of hydrogen-bond donors (Lipinski definition) is 2. The van der Waals surface area contributed by atoms with Crippen LogP contribution < -0.4 is 5.32 Å². The summed E-state index contributed by atoms with van der Waals surface area (Å²) >= 11 is 0. The molecule has 2 aliphatic rings. The molecule has 6 nitrogen and oxygen atoms in total. The molecule has 1 aromatic heterocycles. The van der Waals surface area contributed by atoms with E-state index in [0.29, 0.717) is 31.2 Å². The van der Waals surface area contributed by atoms with Gasteiger partial charge in [0.1, 0.15) is 0 Å². The topological polar surface area (TPSA) is 88.2 Å². The van der Waals surface area contributed by atoms with Crippen molar-refractivity contribution in [2.45, 2.75) is 57.0 Å². The number of aromatic nitrogens is 2. The SMILES string of the molecule is O=C(CCc1nc(C2CC2)no1)NCC1CCCC1O. The Morgan fingerprint density at radius 3 is 2.90 bits per heavy atom. The van der Waals surface area contributed by atoms with Crippen molar-refractivity contribution in [3.8, 4) is 0 Å². The van der Waals surface area contributed by atoms with Crippen LogP contribution in [0.5, 0.6) is 0 Å². The van der Waals surface area contributed by atoms with Crippen molar-refractivity contribution >= 4 is 5.91 Å². The fourth-order valence-electron chi connectivity index (χ4n) is 2.69. The molecule has 1 aromatic rings. The lowest BCUT2D eigenvalue weighted by Gasteiger charge is -2.14. The quantitative estimate of drug-likeness (QED) is 0.815. The number of aliphatic hydroxyl groups excluding tert-OH is 1. The van der Waals surface area contributed by atoms with Gasteiger partial charge < -0.3 is 14.9 Å². The summed E-state index contributed by atoms with van der Waals surface area (Å²) in [5.74, 6) is 2.00. The van der Waals surface area contributed by atoms with Gasteiger partial charge in [-0.1, -0.05) is 11.6 Å². The first kappa shape index (κ1) is 13.5. The second kappa shape index (κ2) is 5.91. The number of hydrogen-bond acceptors (Lipinski definition) is 5. The van der Waals surface area contributed by atoms with Gasteiger partial charge in [-0.05, 0) is 25.7 Å². The summed E-state index contributed by atoms with van der Waals surface area (Å²) in [6.07, 6.45) is 5.77. The molecule has 2 fully saturated rings. The van der Waals surface area contributed by atoms with Crippen LogP contribution in [0.15, 0.2) is 4.52 Å². The highest BCUT2D eigenvalue weighted by atomic mass is 16.5. The average Bonchev–Trinajstić information content (AvgIpc) is 3.04. The lowest BCUT2D eigenvalue weighted by Crippen LogP contribution is -2.32. The minimum atomic E-state index is -0.257. The van der Waals surface area contributed by atoms with Crippen LogP contribution >= 0.6 is 0 Å². The van der Waals surface area contributed by atoms with Crippen molar-refractivity contribution in [2.75, 3.05) is 6.54 Å². The van der Waals surface area contributed by atoms with Crippen LogP contribution in [0.2, 0.25) is 0 Å². The fraction of sp³-hybridized carbons (Fsp3) is 0.786. The normalized spacial score (nSPS) is 25.9. The Balaban J connectivity index is 1.37. The smallest absolute Gasteiger partial charge is 0.227 e. The molecule has 0 aromatic carbocycles. The summed E-state index contributed by atoms with van der Waals surface area (Å²) < 4.78 is 5.13. The summed E-state index contributed by atoms with van der Waals surface area (Å²) in [4.78, 5) is 16.0. The first-order valence-electron chi connectivity index (χ1n) is 7.49. The Morgan fingerprint density at radius 2 is 2.20 bits per heavy atom. The van der Waals surface area contributed by atoms with Gasteiger partial charge in [-0.15, -0.1) is 0 Å². The minimum absolute atomic E-state index is 0.0183. The van der Waals surface area contributed by atoms with Gasteiger partial charge in [0.15, 0.2) is 5.82 Å². The van der Waals surface area contributed by atoms with E-state index in [9.17, 15) is 9.90 Å². The number of carbonyl (C=O) groups excluding carboxylic acids is 1. The first-order chi connectivity index (χ1) is 9.72. The molecule has 3 rings (SSSR count). The van der Waals surface area contributed by atoms with Gasteiger partial charge in [0.05, 0.1) is 6.10 Å². The maximum atomic E-state index is 11.8. The van der Waals surface area contributed by atoms with Crippen molar-refractivity contribution in [3.05, 3.63) is 11.7 Å². The fourth-order valence-corrected chi connectivity index (χ4v) is 2.69. The van der Waals surface area contributed by atoms with Gasteiger partial charge in [0.2, 0.25) is 11.8 Å². The van der Waals surface area contributed by atoms with Crippen molar-refractivity contribution in [3.63, 3.8) is 0 Å². The Bertz CT molecular complexity index is 470. The van der Waals surface area contributed by atoms with Crippen molar-refractivity contribution in [2.24, 2.45) is 5.92 Å². The van der Waals surface area contributed by atoms with Gasteiger partial charge in [0, 0.05) is 31.2 Å². The van der Waals surface area contributed by atoms with Crippen molar-refractivity contribution in [1.82, 2.24) is 15.5 Å². The molecule has 2 saturated carbocycles. The van der Waals surface area contributed by atoms with Crippen LogP contribution in [0.1, 0.15) is 56.2 Å². The molecule has 0 saturated heterocycles. The Kier molecular flexibility index (Phi) is 4.00. The van der Waals surface area contributed by atoms with E-state index < -0.39 is 0 Å². The molecular formula is C14H21N3O3. The van der Waals surface area contributed by atoms with Gasteiger partial charge >= 0.3 is 0 Å². The largest absolute Gasteiger partial charge is 0.393 e. The molecule has 0 bridgehead atoms. The molecule has 20 heavy (non-hydrogen) atoms. The maximum absolute atomic E-state index is 11.8. The van der Waals surface area contributed by atoms with E-state index in [1.807, 2.05) is 0 Å². The molecule has 2 atom stereocenters. The zero-order valence-electron chi connectivity index (χ0n) is 11.5. The predicted octanol–water partition coefficient (Wildman–Crippen LogP) is 1.16. The van der Waals surface area contributed by atoms with E-state index in [1.165, 1.54) is 0 Å². The predicted molar refractivity (Wildman–Crippen MR) is 71.0 cm³/mol. The van der Waals surface area contributed by atoms with E-state index in [4.69, 9.17) is 4.52 Å². The maximum Gasteiger partial charge on any atom is 0.227 e. The number of aliphatic hydroxyl groups is 1. The van der Waals surface area contributed by atoms with E-state index in [1.54, 1.807) is 0 Å². The molecule has 2 aliphatic carbocycles. The third-order valence-electron chi connectivity index (χ3n) is 4.17. The van der Waals surface area contributed by atoms with Crippen LogP contribution in [0.4, 0.5) is 0 Å². The standard InChI is InChI=1S/C14H21N3O3/c18-11-3-1-2-10(11)8-15-12(19)6-7-13-16-14(17-20-13)9-4-5-9/h9-11,18H,1-8H2,(H,15,19). The van der Waals surface area contributed by atoms with E-state index in [2.05, 4.69) is 15.5 Å². The van der Waals surface area contributed by atoms with Gasteiger partial charge in [-0.2, -0.15) is 4.98 Å². The third-order valence-corrected chi connectivity index (χ3v) is 4.17. The summed E-state index contributed by atoms with van der Waals surface area (Å²) in [6.45, 7) is 0.567. The first-order valence-corrected chi connectivity index (χ1v) is 7.49. The molecule has 1 amide bonds. The summed E-state index contributed by atoms with van der Waals surface area (Å²) in [5, 5.41) is 16.5. The highest BCUT2D eigenvalue weighted by Gasteiger charge is 2.29. The van der Waals surface area contributed by atoms with Gasteiger partial charge in [-0.3, -0.25) is 4.79 Å². The number of carbonyl (C=O) groups is 1. The van der Waals surface area contributed by atoms with Crippen molar-refractivity contribution < 1.29 is 14.4 Å². The molecular weight excluding hydrogens is 258 g/mol. The van der Waals surface area contributed by atoms with Gasteiger partial charge in [0.25, 0.3) is 0 Å². The highest BCUT2D eigenvalue weighted by molar-refractivity contribution is 5.76. The second-order valence-electron chi connectivity index (χ2n) is 5.88. The van der Waals surface area contributed by atoms with Crippen LogP contribution in [-0.4, -0.2) is 33.8 Å². The van der Waals surface area contributed by atoms with Crippen LogP contribution in [0, 0.1) is 5.92 Å². The number of amides is 1. The van der Waals surface area contributed by atoms with Crippen LogP contribution in [0.3, 0.4) is 0 Å². The number of nitrogens with zero attached hydrogens (tertiary/aromatic N) is 2. The lowest BCUT2D eigenvalue weighted by atomic mass is 10.1. The molecule has 1 heterocycles. The second-order valence-corrected chi connectivity index (χ2v) is 5.88. The molecule has 2 unspecified atom stereocenters. The molecule has 6 heteroatoms. The van der Waals surface area contributed by atoms with Gasteiger partial charge in [-0.25, -0.2) is 0 Å². The molecule has 0 spiro atoms. The number of rotatable bonds is 6. The van der Waals surface area contributed by atoms with Crippen LogP contribution in [0.25, 0.3) is 0 Å². The molecule has 0 aliphatic heterocycles. The zero-order chi connectivity index (χ0) is 13.9. The lowest BCUT2D eigenvalue weighted by molar-refractivity contribution is -0.121. The third kappa shape index (κ3) is 3.36. The minimum Gasteiger partial charge on any atom is -0.393 e. The number of aryl methyl sites for hydroxylation is 1. The Labute approximate surface area is 117 Å². The summed E-state index contributed by atoms with van der Waals surface area (Å²) in [5.41, 5.74) is 0. The highest BCUT2D eigenvalue weighted by Crippen LogP contribution is 2.38. The number of nitrogens with one attached hydrogen (secondary N) is 1. The molecule has 2 N–H and O–H groups in total. The summed E-state index contributed by atoms with van der Waals surface area (Å²) in [7, 11) is 0. The summed E-state index contributed by atoms with van der Waals surface area (Å²) in [6, 6.07) is 0. The Morgan fingerprint density at radius 1 is 1.35 bits per heavy atom. The van der Waals surface area contributed by atoms with Crippen molar-refractivity contribution in [1.29, 1.82) is 0 Å². The van der Waals surface area contributed by atoms with Crippen LogP contribution in [-0.2, 0) is 11.2 Å². The molecule has 0 radical (unpaired) electrons. The average molecular weight is 279 g/mol. The zero-order valence-corrected chi connectivity index (χ0v) is 11.5. The Hall–Kier alpha value is -1.43. The molecule has 110 valence electrons.